The zero-order valence-electron chi connectivity index (χ0n) is 9.77. The van der Waals surface area contributed by atoms with Gasteiger partial charge in [0.25, 0.3) is 0 Å². The van der Waals surface area contributed by atoms with Crippen LogP contribution < -0.4 is 0 Å². The van der Waals surface area contributed by atoms with Crippen LogP contribution in [-0.2, 0) is 18.4 Å². The summed E-state index contributed by atoms with van der Waals surface area (Å²) in [5.74, 6) is 0.0155. The van der Waals surface area contributed by atoms with Crippen LogP contribution in [0.25, 0.3) is 0 Å². The molecule has 5 heteroatoms. The Labute approximate surface area is 91.9 Å². The van der Waals surface area contributed by atoms with Crippen molar-refractivity contribution in [3.05, 3.63) is 0 Å². The molecule has 1 atom stereocenters. The van der Waals surface area contributed by atoms with Crippen LogP contribution in [0, 0.1) is 5.92 Å². The number of hydrogen-bond donors (Lipinski definition) is 0. The largest absolute Gasteiger partial charge is 0.330 e. The van der Waals surface area contributed by atoms with Gasteiger partial charge >= 0.3 is 7.60 Å². The Morgan fingerprint density at radius 3 is 2.20 bits per heavy atom. The van der Waals surface area contributed by atoms with Crippen LogP contribution in [-0.4, -0.2) is 25.7 Å². The minimum atomic E-state index is -2.90. The summed E-state index contributed by atoms with van der Waals surface area (Å²) in [5, 5.41) is 0. The molecule has 0 heterocycles. The fourth-order valence-electron chi connectivity index (χ4n) is 1.23. The zero-order chi connectivity index (χ0) is 11.7. The first-order valence-corrected chi connectivity index (χ1v) is 7.14. The van der Waals surface area contributed by atoms with Crippen molar-refractivity contribution in [2.75, 3.05) is 19.4 Å². The molecule has 0 fully saturated rings. The first-order valence-electron chi connectivity index (χ1n) is 5.41. The van der Waals surface area contributed by atoms with E-state index >= 15 is 0 Å². The summed E-state index contributed by atoms with van der Waals surface area (Å²) in [6, 6.07) is 0. The topological polar surface area (TPSA) is 52.6 Å². The maximum absolute atomic E-state index is 12.0. The van der Waals surface area contributed by atoms with Gasteiger partial charge in [0, 0.05) is 5.92 Å². The van der Waals surface area contributed by atoms with E-state index in [-0.39, 0.29) is 5.92 Å². The third-order valence-electron chi connectivity index (χ3n) is 1.98. The second-order valence-corrected chi connectivity index (χ2v) is 5.61. The molecule has 1 unspecified atom stereocenters. The Hall–Kier alpha value is -0.180. The fraction of sp³-hybridized carbons (Fsp3) is 0.900. The van der Waals surface area contributed by atoms with Crippen LogP contribution >= 0.6 is 7.60 Å². The van der Waals surface area contributed by atoms with Crippen LogP contribution in [0.3, 0.4) is 0 Å². The Kier molecular flexibility index (Phi) is 7.93. The number of carbonyl (C=O) groups excluding carboxylic acids is 1. The lowest BCUT2D eigenvalue weighted by Gasteiger charge is -2.16. The predicted molar refractivity (Wildman–Crippen MR) is 60.2 cm³/mol. The molecule has 0 spiro atoms. The Morgan fingerprint density at radius 1 is 1.27 bits per heavy atom. The van der Waals surface area contributed by atoms with Gasteiger partial charge in [0.1, 0.15) is 6.29 Å². The molecule has 4 nitrogen and oxygen atoms in total. The van der Waals surface area contributed by atoms with Gasteiger partial charge in [-0.1, -0.05) is 6.92 Å². The van der Waals surface area contributed by atoms with Gasteiger partial charge in [-0.3, -0.25) is 4.57 Å². The molecule has 0 aliphatic carbocycles. The highest BCUT2D eigenvalue weighted by molar-refractivity contribution is 7.53. The summed E-state index contributed by atoms with van der Waals surface area (Å²) in [4.78, 5) is 10.4. The molecule has 0 amide bonds. The van der Waals surface area contributed by atoms with Crippen LogP contribution in [0.2, 0.25) is 0 Å². The van der Waals surface area contributed by atoms with E-state index in [2.05, 4.69) is 0 Å². The van der Waals surface area contributed by atoms with Crippen molar-refractivity contribution in [3.8, 4) is 0 Å². The lowest BCUT2D eigenvalue weighted by atomic mass is 10.1. The van der Waals surface area contributed by atoms with E-state index < -0.39 is 7.60 Å². The van der Waals surface area contributed by atoms with Crippen molar-refractivity contribution in [1.29, 1.82) is 0 Å². The van der Waals surface area contributed by atoms with Crippen molar-refractivity contribution in [3.63, 3.8) is 0 Å². The summed E-state index contributed by atoms with van der Waals surface area (Å²) in [6.07, 6.45) is 2.73. The van der Waals surface area contributed by atoms with Crippen molar-refractivity contribution in [1.82, 2.24) is 0 Å². The highest BCUT2D eigenvalue weighted by Gasteiger charge is 2.22. The van der Waals surface area contributed by atoms with Crippen LogP contribution in [0.4, 0.5) is 0 Å². The van der Waals surface area contributed by atoms with Crippen LogP contribution in [0.15, 0.2) is 0 Å². The summed E-state index contributed by atoms with van der Waals surface area (Å²) < 4.78 is 22.2. The summed E-state index contributed by atoms with van der Waals surface area (Å²) in [6.45, 7) is 6.21. The van der Waals surface area contributed by atoms with Gasteiger partial charge in [0.15, 0.2) is 0 Å². The number of aldehydes is 1. The van der Waals surface area contributed by atoms with Gasteiger partial charge in [0.2, 0.25) is 0 Å². The van der Waals surface area contributed by atoms with Crippen LogP contribution in [0.1, 0.15) is 33.6 Å². The molecular formula is C10H21O4P. The van der Waals surface area contributed by atoms with E-state index in [1.807, 2.05) is 6.92 Å². The molecular weight excluding hydrogens is 215 g/mol. The number of hydrogen-bond acceptors (Lipinski definition) is 4. The quantitative estimate of drug-likeness (QED) is 0.456. The fourth-order valence-corrected chi connectivity index (χ4v) is 2.92. The monoisotopic (exact) mass is 236 g/mol. The highest BCUT2D eigenvalue weighted by Crippen LogP contribution is 2.48. The lowest BCUT2D eigenvalue weighted by Crippen LogP contribution is -2.03. The third-order valence-corrected chi connectivity index (χ3v) is 4.14. The van der Waals surface area contributed by atoms with Crippen molar-refractivity contribution >= 4 is 13.9 Å². The number of rotatable bonds is 9. The van der Waals surface area contributed by atoms with Gasteiger partial charge in [0.05, 0.1) is 19.4 Å². The molecule has 0 N–H and O–H groups in total. The van der Waals surface area contributed by atoms with Crippen molar-refractivity contribution < 1.29 is 18.4 Å². The molecule has 0 saturated heterocycles. The van der Waals surface area contributed by atoms with E-state index in [1.165, 1.54) is 0 Å². The summed E-state index contributed by atoms with van der Waals surface area (Å²) >= 11 is 0. The first-order chi connectivity index (χ1) is 7.08. The minimum Gasteiger partial charge on any atom is -0.309 e. The van der Waals surface area contributed by atoms with Crippen molar-refractivity contribution in [2.24, 2.45) is 5.92 Å². The van der Waals surface area contributed by atoms with E-state index in [0.29, 0.717) is 25.8 Å². The first kappa shape index (κ1) is 14.8. The van der Waals surface area contributed by atoms with Crippen LogP contribution in [0.5, 0.6) is 0 Å². The SMILES string of the molecule is CCOP(=O)(CCCC(C)C=O)OCC. The highest BCUT2D eigenvalue weighted by atomic mass is 31.2. The Balaban J connectivity index is 3.95. The van der Waals surface area contributed by atoms with Gasteiger partial charge in [-0.05, 0) is 26.7 Å². The molecule has 0 radical (unpaired) electrons. The maximum Gasteiger partial charge on any atom is 0.330 e. The molecule has 0 rings (SSSR count). The normalized spacial score (nSPS) is 13.8. The zero-order valence-corrected chi connectivity index (χ0v) is 10.7. The van der Waals surface area contributed by atoms with E-state index in [1.54, 1.807) is 13.8 Å². The molecule has 0 aliphatic rings. The molecule has 0 aromatic heterocycles. The third kappa shape index (κ3) is 6.82. The molecule has 0 saturated carbocycles. The maximum atomic E-state index is 12.0. The molecule has 0 bridgehead atoms. The second kappa shape index (κ2) is 8.03. The molecule has 0 aliphatic heterocycles. The van der Waals surface area contributed by atoms with E-state index in [4.69, 9.17) is 9.05 Å². The lowest BCUT2D eigenvalue weighted by molar-refractivity contribution is -0.110. The Morgan fingerprint density at radius 2 is 1.80 bits per heavy atom. The summed E-state index contributed by atoms with van der Waals surface area (Å²) in [7, 11) is -2.90. The molecule has 90 valence electrons. The molecule has 15 heavy (non-hydrogen) atoms. The Bertz CT molecular complexity index is 207. The smallest absolute Gasteiger partial charge is 0.309 e. The average molecular weight is 236 g/mol. The van der Waals surface area contributed by atoms with E-state index in [9.17, 15) is 9.36 Å². The number of carbonyl (C=O) groups is 1. The van der Waals surface area contributed by atoms with Gasteiger partial charge in [-0.15, -0.1) is 0 Å². The summed E-state index contributed by atoms with van der Waals surface area (Å²) in [5.41, 5.74) is 0. The minimum absolute atomic E-state index is 0.0155. The molecule has 0 aromatic carbocycles. The standard InChI is InChI=1S/C10H21O4P/c1-4-13-15(12,14-5-2)8-6-7-10(3)9-11/h9-10H,4-8H2,1-3H3. The second-order valence-electron chi connectivity index (χ2n) is 3.43. The molecule has 0 aromatic rings. The predicted octanol–water partition coefficient (Wildman–Crippen LogP) is 2.87. The average Bonchev–Trinajstić information content (AvgIpc) is 2.18. The van der Waals surface area contributed by atoms with Gasteiger partial charge < -0.3 is 13.8 Å². The van der Waals surface area contributed by atoms with Gasteiger partial charge in [-0.2, -0.15) is 0 Å². The van der Waals surface area contributed by atoms with Crippen molar-refractivity contribution in [2.45, 2.75) is 33.6 Å². The van der Waals surface area contributed by atoms with E-state index in [0.717, 1.165) is 12.7 Å². The van der Waals surface area contributed by atoms with Gasteiger partial charge in [-0.25, -0.2) is 0 Å².